The van der Waals surface area contributed by atoms with E-state index in [0.717, 1.165) is 25.7 Å². The molecule has 1 aromatic carbocycles. The Bertz CT molecular complexity index is 690. The van der Waals surface area contributed by atoms with Crippen molar-refractivity contribution in [2.24, 2.45) is 0 Å². The van der Waals surface area contributed by atoms with Crippen molar-refractivity contribution in [1.29, 1.82) is 0 Å². The number of hydrogen-bond acceptors (Lipinski definition) is 4. The second-order valence-electron chi connectivity index (χ2n) is 6.56. The Balaban J connectivity index is 1.96. The number of nitrogens with zero attached hydrogens (tertiary/aromatic N) is 1. The number of ether oxygens (including phenoxy) is 1. The van der Waals surface area contributed by atoms with Gasteiger partial charge in [-0.25, -0.2) is 9.59 Å². The van der Waals surface area contributed by atoms with E-state index in [-0.39, 0.29) is 31.1 Å². The number of halogens is 1. The number of methoxy groups -OCH3 is 1. The van der Waals surface area contributed by atoms with Gasteiger partial charge in [0.1, 0.15) is 0 Å². The summed E-state index contributed by atoms with van der Waals surface area (Å²) in [6.07, 6.45) is 5.50. The molecule has 27 heavy (non-hydrogen) atoms. The van der Waals surface area contributed by atoms with Crippen molar-refractivity contribution >= 4 is 35.2 Å². The fourth-order valence-electron chi connectivity index (χ4n) is 3.18. The Labute approximate surface area is 164 Å². The molecule has 1 aromatic rings. The molecule has 1 aliphatic carbocycles. The molecule has 0 unspecified atom stereocenters. The molecule has 0 radical (unpaired) electrons. The van der Waals surface area contributed by atoms with Crippen molar-refractivity contribution in [3.05, 3.63) is 28.8 Å². The molecule has 1 saturated carbocycles. The van der Waals surface area contributed by atoms with Crippen molar-refractivity contribution in [2.75, 3.05) is 25.1 Å². The van der Waals surface area contributed by atoms with E-state index in [1.807, 2.05) is 0 Å². The van der Waals surface area contributed by atoms with Gasteiger partial charge < -0.3 is 20.3 Å². The summed E-state index contributed by atoms with van der Waals surface area (Å²) in [6.45, 7) is 1.90. The topological polar surface area (TPSA) is 87.7 Å². The lowest BCUT2D eigenvalue weighted by Gasteiger charge is -2.25. The molecular formula is C19H26ClN3O4. The van der Waals surface area contributed by atoms with E-state index >= 15 is 0 Å². The smallest absolute Gasteiger partial charge is 0.337 e. The van der Waals surface area contributed by atoms with Crippen LogP contribution < -0.4 is 15.5 Å². The molecule has 8 heteroatoms. The first-order valence-electron chi connectivity index (χ1n) is 9.12. The zero-order valence-electron chi connectivity index (χ0n) is 15.7. The van der Waals surface area contributed by atoms with Crippen LogP contribution in [0.2, 0.25) is 5.02 Å². The van der Waals surface area contributed by atoms with E-state index in [1.54, 1.807) is 6.07 Å². The van der Waals surface area contributed by atoms with Crippen LogP contribution in [0.3, 0.4) is 0 Å². The van der Waals surface area contributed by atoms with Crippen LogP contribution >= 0.6 is 11.6 Å². The molecule has 0 spiro atoms. The summed E-state index contributed by atoms with van der Waals surface area (Å²) >= 11 is 6.21. The number of carbonyl (C=O) groups is 3. The summed E-state index contributed by atoms with van der Waals surface area (Å²) in [5.41, 5.74) is 0.702. The summed E-state index contributed by atoms with van der Waals surface area (Å²) in [7, 11) is 1.29. The minimum absolute atomic E-state index is 0.217. The number of carbonyl (C=O) groups excluding carboxylic acids is 3. The van der Waals surface area contributed by atoms with Gasteiger partial charge in [0.05, 0.1) is 23.4 Å². The average Bonchev–Trinajstić information content (AvgIpc) is 2.66. The molecule has 7 nitrogen and oxygen atoms in total. The van der Waals surface area contributed by atoms with Gasteiger partial charge in [0.15, 0.2) is 0 Å². The van der Waals surface area contributed by atoms with Gasteiger partial charge >= 0.3 is 12.0 Å². The lowest BCUT2D eigenvalue weighted by atomic mass is 9.96. The lowest BCUT2D eigenvalue weighted by molar-refractivity contribution is -0.116. The molecule has 2 N–H and O–H groups in total. The highest BCUT2D eigenvalue weighted by atomic mass is 35.5. The highest BCUT2D eigenvalue weighted by Gasteiger charge is 2.19. The van der Waals surface area contributed by atoms with Crippen LogP contribution in [-0.4, -0.2) is 44.1 Å². The molecule has 0 atom stereocenters. The predicted octanol–water partition coefficient (Wildman–Crippen LogP) is 3.11. The quantitative estimate of drug-likeness (QED) is 0.724. The Hall–Kier alpha value is -2.28. The number of hydrogen-bond donors (Lipinski definition) is 2. The largest absolute Gasteiger partial charge is 0.465 e. The first-order chi connectivity index (χ1) is 12.9. The van der Waals surface area contributed by atoms with Gasteiger partial charge in [-0.2, -0.15) is 0 Å². The third kappa shape index (κ3) is 6.13. The second-order valence-corrected chi connectivity index (χ2v) is 6.97. The highest BCUT2D eigenvalue weighted by Crippen LogP contribution is 2.27. The van der Waals surface area contributed by atoms with Crippen molar-refractivity contribution < 1.29 is 19.1 Å². The van der Waals surface area contributed by atoms with Crippen molar-refractivity contribution in [2.45, 2.75) is 45.1 Å². The Morgan fingerprint density at radius 1 is 1.22 bits per heavy atom. The number of rotatable bonds is 6. The van der Waals surface area contributed by atoms with Gasteiger partial charge in [-0.3, -0.25) is 4.79 Å². The zero-order valence-corrected chi connectivity index (χ0v) is 16.5. The van der Waals surface area contributed by atoms with Crippen LogP contribution in [0.1, 0.15) is 49.4 Å². The maximum Gasteiger partial charge on any atom is 0.337 e. The third-order valence-electron chi connectivity index (χ3n) is 4.60. The SMILES string of the molecule is COC(=O)c1ccc(Cl)c(N(CCNC(=O)NC2CCCCC2)C(C)=O)c1. The molecular weight excluding hydrogens is 370 g/mol. The Morgan fingerprint density at radius 3 is 2.56 bits per heavy atom. The van der Waals surface area contributed by atoms with Crippen LogP contribution in [0.15, 0.2) is 18.2 Å². The van der Waals surface area contributed by atoms with Gasteiger partial charge in [-0.15, -0.1) is 0 Å². The van der Waals surface area contributed by atoms with Crippen LogP contribution in [0.25, 0.3) is 0 Å². The summed E-state index contributed by atoms with van der Waals surface area (Å²) in [4.78, 5) is 37.3. The standard InChI is InChI=1S/C19H26ClN3O4/c1-13(24)23(17-12-14(18(25)27-2)8-9-16(17)20)11-10-21-19(26)22-15-6-4-3-5-7-15/h8-9,12,15H,3-7,10-11H2,1-2H3,(H2,21,22,26). The number of benzene rings is 1. The maximum absolute atomic E-state index is 12.1. The molecule has 3 amide bonds. The fraction of sp³-hybridized carbons (Fsp3) is 0.526. The fourth-order valence-corrected chi connectivity index (χ4v) is 3.40. The van der Waals surface area contributed by atoms with E-state index in [2.05, 4.69) is 10.6 Å². The molecule has 0 aliphatic heterocycles. The molecule has 148 valence electrons. The van der Waals surface area contributed by atoms with Crippen molar-refractivity contribution in [3.8, 4) is 0 Å². The number of amides is 3. The number of esters is 1. The number of anilines is 1. The van der Waals surface area contributed by atoms with E-state index in [9.17, 15) is 14.4 Å². The molecule has 1 fully saturated rings. The van der Waals surface area contributed by atoms with E-state index in [1.165, 1.54) is 37.5 Å². The number of nitrogens with one attached hydrogen (secondary N) is 2. The van der Waals surface area contributed by atoms with Gasteiger partial charge in [0, 0.05) is 26.1 Å². The van der Waals surface area contributed by atoms with Crippen LogP contribution in [0, 0.1) is 0 Å². The first kappa shape index (κ1) is 21.0. The second kappa shape index (κ2) is 10.2. The van der Waals surface area contributed by atoms with E-state index in [0.29, 0.717) is 16.3 Å². The van der Waals surface area contributed by atoms with Gasteiger partial charge in [-0.05, 0) is 31.0 Å². The minimum Gasteiger partial charge on any atom is -0.465 e. The van der Waals surface area contributed by atoms with Gasteiger partial charge in [0.25, 0.3) is 0 Å². The average molecular weight is 396 g/mol. The van der Waals surface area contributed by atoms with Crippen molar-refractivity contribution in [3.63, 3.8) is 0 Å². The lowest BCUT2D eigenvalue weighted by Crippen LogP contribution is -2.45. The summed E-state index contributed by atoms with van der Waals surface area (Å²) in [6, 6.07) is 4.57. The minimum atomic E-state index is -0.513. The van der Waals surface area contributed by atoms with Crippen LogP contribution in [-0.2, 0) is 9.53 Å². The van der Waals surface area contributed by atoms with Crippen molar-refractivity contribution in [1.82, 2.24) is 10.6 Å². The molecule has 1 aliphatic rings. The summed E-state index contributed by atoms with van der Waals surface area (Å²) in [5, 5.41) is 6.08. The molecule has 0 saturated heterocycles. The van der Waals surface area contributed by atoms with E-state index in [4.69, 9.17) is 16.3 Å². The maximum atomic E-state index is 12.1. The predicted molar refractivity (Wildman–Crippen MR) is 104 cm³/mol. The highest BCUT2D eigenvalue weighted by molar-refractivity contribution is 6.34. The Kier molecular flexibility index (Phi) is 7.91. The van der Waals surface area contributed by atoms with Gasteiger partial charge in [0.2, 0.25) is 5.91 Å². The summed E-state index contributed by atoms with van der Waals surface area (Å²) < 4.78 is 4.71. The monoisotopic (exact) mass is 395 g/mol. The first-order valence-corrected chi connectivity index (χ1v) is 9.50. The number of urea groups is 1. The third-order valence-corrected chi connectivity index (χ3v) is 4.92. The molecule has 0 bridgehead atoms. The normalized spacial score (nSPS) is 14.3. The molecule has 2 rings (SSSR count). The molecule has 0 heterocycles. The van der Waals surface area contributed by atoms with Crippen LogP contribution in [0.5, 0.6) is 0 Å². The summed E-state index contributed by atoms with van der Waals surface area (Å²) in [5.74, 6) is -0.755. The van der Waals surface area contributed by atoms with Crippen LogP contribution in [0.4, 0.5) is 10.5 Å². The van der Waals surface area contributed by atoms with E-state index < -0.39 is 5.97 Å². The zero-order chi connectivity index (χ0) is 19.8. The molecule has 0 aromatic heterocycles. The van der Waals surface area contributed by atoms with Gasteiger partial charge in [-0.1, -0.05) is 30.9 Å². The Morgan fingerprint density at radius 2 is 1.93 bits per heavy atom.